The zero-order valence-electron chi connectivity index (χ0n) is 12.7. The summed E-state index contributed by atoms with van der Waals surface area (Å²) in [7, 11) is 2.64. The molecule has 0 saturated heterocycles. The first-order valence-corrected chi connectivity index (χ1v) is 6.75. The molecule has 8 heteroatoms. The summed E-state index contributed by atoms with van der Waals surface area (Å²) < 4.78 is 13.9. The Bertz CT molecular complexity index is 324. The Morgan fingerprint density at radius 2 is 1.81 bits per heavy atom. The highest BCUT2D eigenvalue weighted by Crippen LogP contribution is 1.96. The number of nitrogens with one attached hydrogen (secondary N) is 2. The van der Waals surface area contributed by atoms with Gasteiger partial charge < -0.3 is 24.8 Å². The molecule has 0 rings (SSSR count). The Balaban J connectivity index is 4.07. The summed E-state index contributed by atoms with van der Waals surface area (Å²) in [6.07, 6.45) is 0.713. The molecular formula is C13H24N2O6. The highest BCUT2D eigenvalue weighted by atomic mass is 16.5. The summed E-state index contributed by atoms with van der Waals surface area (Å²) in [5, 5.41) is 6.09. The predicted octanol–water partition coefficient (Wildman–Crippen LogP) is -0.778. The lowest BCUT2D eigenvalue weighted by molar-refractivity contribution is -0.143. The molecule has 0 amide bonds. The third kappa shape index (κ3) is 8.98. The van der Waals surface area contributed by atoms with Crippen molar-refractivity contribution in [1.82, 2.24) is 10.6 Å². The van der Waals surface area contributed by atoms with Crippen molar-refractivity contribution in [3.63, 3.8) is 0 Å². The van der Waals surface area contributed by atoms with E-state index in [9.17, 15) is 14.4 Å². The Kier molecular flexibility index (Phi) is 11.1. The first-order chi connectivity index (χ1) is 10.1. The summed E-state index contributed by atoms with van der Waals surface area (Å²) in [5.74, 6) is -0.705. The van der Waals surface area contributed by atoms with Gasteiger partial charge in [-0.2, -0.15) is 0 Å². The van der Waals surface area contributed by atoms with E-state index in [0.717, 1.165) is 0 Å². The molecule has 2 N–H and O–H groups in total. The average molecular weight is 304 g/mol. The molecule has 0 spiro atoms. The number of carbonyl (C=O) groups is 3. The molecule has 0 aromatic heterocycles. The molecule has 0 bridgehead atoms. The van der Waals surface area contributed by atoms with Gasteiger partial charge >= 0.3 is 11.9 Å². The molecule has 0 aromatic rings. The third-order valence-electron chi connectivity index (χ3n) is 2.85. The number of hydrogen-bond donors (Lipinski definition) is 2. The maximum absolute atomic E-state index is 11.4. The third-order valence-corrected chi connectivity index (χ3v) is 2.85. The lowest BCUT2D eigenvalue weighted by Crippen LogP contribution is -2.44. The van der Waals surface area contributed by atoms with Crippen LogP contribution in [0.2, 0.25) is 0 Å². The SMILES string of the molecule is CCC(NCCNC(COC=O)CC(=O)OC)C(=O)OC. The van der Waals surface area contributed by atoms with Crippen LogP contribution in [-0.4, -0.2) is 64.4 Å². The van der Waals surface area contributed by atoms with E-state index in [1.165, 1.54) is 14.2 Å². The molecule has 0 aliphatic heterocycles. The number of rotatable bonds is 12. The maximum Gasteiger partial charge on any atom is 0.322 e. The zero-order chi connectivity index (χ0) is 16.1. The van der Waals surface area contributed by atoms with Crippen molar-refractivity contribution in [3.8, 4) is 0 Å². The number of methoxy groups -OCH3 is 2. The molecule has 122 valence electrons. The van der Waals surface area contributed by atoms with Crippen LogP contribution in [0.15, 0.2) is 0 Å². The van der Waals surface area contributed by atoms with Crippen molar-refractivity contribution in [3.05, 3.63) is 0 Å². The van der Waals surface area contributed by atoms with E-state index < -0.39 is 5.97 Å². The topological polar surface area (TPSA) is 103 Å². The second-order valence-electron chi connectivity index (χ2n) is 4.30. The summed E-state index contributed by atoms with van der Waals surface area (Å²) in [4.78, 5) is 32.8. The summed E-state index contributed by atoms with van der Waals surface area (Å²) in [5.41, 5.74) is 0. The van der Waals surface area contributed by atoms with Crippen LogP contribution in [0, 0.1) is 0 Å². The van der Waals surface area contributed by atoms with Gasteiger partial charge in [0.15, 0.2) is 0 Å². The van der Waals surface area contributed by atoms with Crippen LogP contribution in [0.1, 0.15) is 19.8 Å². The van der Waals surface area contributed by atoms with E-state index in [0.29, 0.717) is 26.0 Å². The Labute approximate surface area is 124 Å². The maximum atomic E-state index is 11.4. The Hall–Kier alpha value is -1.67. The van der Waals surface area contributed by atoms with Crippen LogP contribution in [0.25, 0.3) is 0 Å². The normalized spacial score (nSPS) is 13.1. The number of ether oxygens (including phenoxy) is 3. The highest BCUT2D eigenvalue weighted by molar-refractivity contribution is 5.75. The molecule has 0 saturated carbocycles. The fourth-order valence-corrected chi connectivity index (χ4v) is 1.69. The smallest absolute Gasteiger partial charge is 0.322 e. The van der Waals surface area contributed by atoms with Crippen LogP contribution in [0.4, 0.5) is 0 Å². The van der Waals surface area contributed by atoms with Gasteiger partial charge in [-0.15, -0.1) is 0 Å². The first-order valence-electron chi connectivity index (χ1n) is 6.75. The Morgan fingerprint density at radius 1 is 1.14 bits per heavy atom. The number of hydrogen-bond acceptors (Lipinski definition) is 8. The molecule has 0 radical (unpaired) electrons. The standard InChI is InChI=1S/C13H24N2O6/c1-4-11(13(18)20-3)15-6-5-14-10(8-21-9-16)7-12(17)19-2/h9-11,14-15H,4-8H2,1-3H3. The van der Waals surface area contributed by atoms with Gasteiger partial charge in [0.05, 0.1) is 26.7 Å². The van der Waals surface area contributed by atoms with Crippen LogP contribution >= 0.6 is 0 Å². The second-order valence-corrected chi connectivity index (χ2v) is 4.30. The molecule has 2 unspecified atom stereocenters. The number of esters is 2. The fourth-order valence-electron chi connectivity index (χ4n) is 1.69. The van der Waals surface area contributed by atoms with Crippen LogP contribution < -0.4 is 10.6 Å². The lowest BCUT2D eigenvalue weighted by Gasteiger charge is -2.18. The molecular weight excluding hydrogens is 280 g/mol. The van der Waals surface area contributed by atoms with E-state index in [4.69, 9.17) is 0 Å². The van der Waals surface area contributed by atoms with Gasteiger partial charge in [0, 0.05) is 13.1 Å². The largest absolute Gasteiger partial charge is 0.469 e. The van der Waals surface area contributed by atoms with E-state index in [2.05, 4.69) is 24.8 Å². The van der Waals surface area contributed by atoms with Crippen molar-refractivity contribution in [2.45, 2.75) is 31.8 Å². The second kappa shape index (κ2) is 12.1. The monoisotopic (exact) mass is 304 g/mol. The summed E-state index contributed by atoms with van der Waals surface area (Å²) in [6.45, 7) is 3.28. The predicted molar refractivity (Wildman–Crippen MR) is 74.5 cm³/mol. The lowest BCUT2D eigenvalue weighted by atomic mass is 10.2. The molecule has 0 aromatic carbocycles. The quantitative estimate of drug-likeness (QED) is 0.209. The minimum atomic E-state index is -0.393. The molecule has 2 atom stereocenters. The van der Waals surface area contributed by atoms with Crippen molar-refractivity contribution in [2.24, 2.45) is 0 Å². The van der Waals surface area contributed by atoms with Crippen LogP contribution in [0.5, 0.6) is 0 Å². The van der Waals surface area contributed by atoms with E-state index in [1.807, 2.05) is 6.92 Å². The minimum absolute atomic E-state index is 0.0762. The van der Waals surface area contributed by atoms with Gasteiger partial charge in [0.2, 0.25) is 0 Å². The van der Waals surface area contributed by atoms with Gasteiger partial charge in [-0.3, -0.25) is 14.4 Å². The van der Waals surface area contributed by atoms with Gasteiger partial charge in [-0.1, -0.05) is 6.92 Å². The van der Waals surface area contributed by atoms with Gasteiger partial charge in [0.25, 0.3) is 6.47 Å². The fraction of sp³-hybridized carbons (Fsp3) is 0.769. The van der Waals surface area contributed by atoms with E-state index >= 15 is 0 Å². The zero-order valence-corrected chi connectivity index (χ0v) is 12.7. The van der Waals surface area contributed by atoms with E-state index in [-0.39, 0.29) is 31.1 Å². The van der Waals surface area contributed by atoms with Crippen molar-refractivity contribution >= 4 is 18.4 Å². The first kappa shape index (κ1) is 19.3. The molecule has 21 heavy (non-hydrogen) atoms. The van der Waals surface area contributed by atoms with Gasteiger partial charge in [-0.05, 0) is 6.42 Å². The molecule has 8 nitrogen and oxygen atoms in total. The molecule has 0 heterocycles. The van der Waals surface area contributed by atoms with Crippen molar-refractivity contribution < 1.29 is 28.6 Å². The van der Waals surface area contributed by atoms with Crippen LogP contribution in [0.3, 0.4) is 0 Å². The number of carbonyl (C=O) groups excluding carboxylic acids is 3. The summed E-state index contributed by atoms with van der Waals surface area (Å²) in [6, 6.07) is -0.690. The molecule has 0 aliphatic carbocycles. The van der Waals surface area contributed by atoms with Gasteiger partial charge in [-0.25, -0.2) is 0 Å². The minimum Gasteiger partial charge on any atom is -0.469 e. The average Bonchev–Trinajstić information content (AvgIpc) is 2.51. The summed E-state index contributed by atoms with van der Waals surface area (Å²) >= 11 is 0. The van der Waals surface area contributed by atoms with E-state index in [1.54, 1.807) is 0 Å². The molecule has 0 fully saturated rings. The van der Waals surface area contributed by atoms with Crippen LogP contribution in [-0.2, 0) is 28.6 Å². The van der Waals surface area contributed by atoms with Crippen molar-refractivity contribution in [2.75, 3.05) is 33.9 Å². The molecule has 0 aliphatic rings. The highest BCUT2D eigenvalue weighted by Gasteiger charge is 2.17. The van der Waals surface area contributed by atoms with Gasteiger partial charge in [0.1, 0.15) is 12.6 Å². The Morgan fingerprint density at radius 3 is 2.33 bits per heavy atom. The van der Waals surface area contributed by atoms with Crippen molar-refractivity contribution in [1.29, 1.82) is 0 Å².